The van der Waals surface area contributed by atoms with E-state index < -0.39 is 0 Å². The Morgan fingerprint density at radius 2 is 1.69 bits per heavy atom. The van der Waals surface area contributed by atoms with Crippen molar-refractivity contribution in [1.29, 1.82) is 0 Å². The van der Waals surface area contributed by atoms with Gasteiger partial charge in [-0.05, 0) is 29.7 Å². The minimum atomic E-state index is 0.522. The second-order valence-electron chi connectivity index (χ2n) is 6.36. The number of ether oxygens (including phenoxy) is 1. The number of methoxy groups -OCH3 is 1. The van der Waals surface area contributed by atoms with Gasteiger partial charge in [0, 0.05) is 23.9 Å². The maximum atomic E-state index is 5.38. The summed E-state index contributed by atoms with van der Waals surface area (Å²) < 4.78 is 5.38. The third kappa shape index (κ3) is 4.51. The van der Waals surface area contributed by atoms with Crippen LogP contribution in [0.4, 0.5) is 17.3 Å². The molecule has 2 aromatic carbocycles. The lowest BCUT2D eigenvalue weighted by Crippen LogP contribution is -2.04. The molecule has 0 bridgehead atoms. The molecule has 0 aliphatic heterocycles. The number of aromatic nitrogens is 2. The third-order valence-electron chi connectivity index (χ3n) is 4.17. The van der Waals surface area contributed by atoms with Gasteiger partial charge in [-0.2, -0.15) is 0 Å². The summed E-state index contributed by atoms with van der Waals surface area (Å²) in [6.07, 6.45) is 1.55. The Balaban J connectivity index is 1.66. The number of rotatable bonds is 7. The van der Waals surface area contributed by atoms with Crippen LogP contribution in [0.1, 0.15) is 30.9 Å². The summed E-state index contributed by atoms with van der Waals surface area (Å²) >= 11 is 0. The maximum Gasteiger partial charge on any atom is 0.135 e. The van der Waals surface area contributed by atoms with Crippen molar-refractivity contribution in [2.24, 2.45) is 0 Å². The molecule has 0 aliphatic carbocycles. The van der Waals surface area contributed by atoms with Crippen LogP contribution >= 0.6 is 0 Å². The van der Waals surface area contributed by atoms with Gasteiger partial charge in [0.1, 0.15) is 23.7 Å². The van der Waals surface area contributed by atoms with Crippen LogP contribution in [-0.4, -0.2) is 17.1 Å². The average molecular weight is 348 g/mol. The summed E-state index contributed by atoms with van der Waals surface area (Å²) in [6, 6.07) is 18.2. The molecule has 26 heavy (non-hydrogen) atoms. The fourth-order valence-corrected chi connectivity index (χ4v) is 2.66. The number of hydrogen-bond donors (Lipinski definition) is 2. The van der Waals surface area contributed by atoms with Gasteiger partial charge < -0.3 is 15.4 Å². The number of nitrogens with zero attached hydrogens (tertiary/aromatic N) is 2. The van der Waals surface area contributed by atoms with Gasteiger partial charge in [0.25, 0.3) is 0 Å². The van der Waals surface area contributed by atoms with Gasteiger partial charge >= 0.3 is 0 Å². The molecule has 0 aliphatic rings. The van der Waals surface area contributed by atoms with Gasteiger partial charge in [0.15, 0.2) is 0 Å². The second-order valence-corrected chi connectivity index (χ2v) is 6.36. The molecule has 5 heteroatoms. The minimum absolute atomic E-state index is 0.522. The van der Waals surface area contributed by atoms with Crippen molar-refractivity contribution in [3.05, 3.63) is 72.1 Å². The zero-order valence-corrected chi connectivity index (χ0v) is 15.4. The van der Waals surface area contributed by atoms with Crippen LogP contribution in [0.3, 0.4) is 0 Å². The summed E-state index contributed by atoms with van der Waals surface area (Å²) in [5, 5.41) is 6.63. The minimum Gasteiger partial charge on any atom is -0.496 e. The van der Waals surface area contributed by atoms with Crippen molar-refractivity contribution in [3.8, 4) is 5.75 Å². The van der Waals surface area contributed by atoms with Gasteiger partial charge in [0.05, 0.1) is 7.11 Å². The Morgan fingerprint density at radius 3 is 2.42 bits per heavy atom. The lowest BCUT2D eigenvalue weighted by atomic mass is 10.0. The third-order valence-corrected chi connectivity index (χ3v) is 4.17. The van der Waals surface area contributed by atoms with Crippen molar-refractivity contribution >= 4 is 17.3 Å². The zero-order valence-electron chi connectivity index (χ0n) is 15.4. The SMILES string of the molecule is COc1ccccc1CNc1cc(Nc2ccc(C(C)C)cc2)ncn1. The Bertz CT molecular complexity index is 847. The van der Waals surface area contributed by atoms with Crippen molar-refractivity contribution in [2.45, 2.75) is 26.3 Å². The quantitative estimate of drug-likeness (QED) is 0.632. The van der Waals surface area contributed by atoms with E-state index in [2.05, 4.69) is 58.7 Å². The molecule has 0 spiro atoms. The van der Waals surface area contributed by atoms with Crippen LogP contribution in [-0.2, 0) is 6.54 Å². The summed E-state index contributed by atoms with van der Waals surface area (Å²) in [6.45, 7) is 5.00. The number of para-hydroxylation sites is 1. The van der Waals surface area contributed by atoms with Gasteiger partial charge in [-0.1, -0.05) is 44.2 Å². The molecule has 0 unspecified atom stereocenters. The summed E-state index contributed by atoms with van der Waals surface area (Å²) in [5.74, 6) is 2.89. The molecular formula is C21H24N4O. The Labute approximate surface area is 154 Å². The van der Waals surface area contributed by atoms with E-state index in [0.717, 1.165) is 28.6 Å². The van der Waals surface area contributed by atoms with Crippen LogP contribution < -0.4 is 15.4 Å². The van der Waals surface area contributed by atoms with Crippen molar-refractivity contribution < 1.29 is 4.74 Å². The van der Waals surface area contributed by atoms with Crippen LogP contribution in [0.25, 0.3) is 0 Å². The van der Waals surface area contributed by atoms with Crippen LogP contribution in [0.5, 0.6) is 5.75 Å². The summed E-state index contributed by atoms with van der Waals surface area (Å²) in [7, 11) is 1.68. The van der Waals surface area contributed by atoms with E-state index in [4.69, 9.17) is 4.74 Å². The number of anilines is 3. The fraction of sp³-hybridized carbons (Fsp3) is 0.238. The lowest BCUT2D eigenvalue weighted by Gasteiger charge is -2.11. The summed E-state index contributed by atoms with van der Waals surface area (Å²) in [4.78, 5) is 8.58. The van der Waals surface area contributed by atoms with Gasteiger partial charge in [-0.3, -0.25) is 0 Å². The second kappa shape index (κ2) is 8.34. The molecule has 2 N–H and O–H groups in total. The molecule has 0 amide bonds. The van der Waals surface area contributed by atoms with E-state index in [0.29, 0.717) is 12.5 Å². The molecule has 3 rings (SSSR count). The van der Waals surface area contributed by atoms with Crippen LogP contribution in [0.2, 0.25) is 0 Å². The van der Waals surface area contributed by atoms with Crippen LogP contribution in [0.15, 0.2) is 60.9 Å². The highest BCUT2D eigenvalue weighted by atomic mass is 16.5. The first kappa shape index (κ1) is 17.7. The monoisotopic (exact) mass is 348 g/mol. The Hall–Kier alpha value is -3.08. The topological polar surface area (TPSA) is 59.1 Å². The average Bonchev–Trinajstić information content (AvgIpc) is 2.67. The molecular weight excluding hydrogens is 324 g/mol. The summed E-state index contributed by atoms with van der Waals surface area (Å²) in [5.41, 5.74) is 3.40. The number of nitrogens with one attached hydrogen (secondary N) is 2. The van der Waals surface area contributed by atoms with E-state index >= 15 is 0 Å². The molecule has 0 fully saturated rings. The molecule has 0 saturated heterocycles. The van der Waals surface area contributed by atoms with Gasteiger partial charge in [-0.15, -0.1) is 0 Å². The van der Waals surface area contributed by atoms with E-state index in [1.807, 2.05) is 30.3 Å². The highest BCUT2D eigenvalue weighted by molar-refractivity contribution is 5.59. The molecule has 5 nitrogen and oxygen atoms in total. The Kier molecular flexibility index (Phi) is 5.69. The van der Waals surface area contributed by atoms with E-state index in [1.165, 1.54) is 5.56 Å². The number of hydrogen-bond acceptors (Lipinski definition) is 5. The molecule has 0 radical (unpaired) electrons. The lowest BCUT2D eigenvalue weighted by molar-refractivity contribution is 0.410. The van der Waals surface area contributed by atoms with Crippen molar-refractivity contribution in [1.82, 2.24) is 9.97 Å². The van der Waals surface area contributed by atoms with E-state index in [-0.39, 0.29) is 0 Å². The zero-order chi connectivity index (χ0) is 18.4. The van der Waals surface area contributed by atoms with Crippen molar-refractivity contribution in [3.63, 3.8) is 0 Å². The molecule has 1 aromatic heterocycles. The van der Waals surface area contributed by atoms with Gasteiger partial charge in [-0.25, -0.2) is 9.97 Å². The molecule has 0 atom stereocenters. The highest BCUT2D eigenvalue weighted by Crippen LogP contribution is 2.21. The molecule has 3 aromatic rings. The predicted molar refractivity (Wildman–Crippen MR) is 106 cm³/mol. The van der Waals surface area contributed by atoms with E-state index in [9.17, 15) is 0 Å². The molecule has 134 valence electrons. The Morgan fingerprint density at radius 1 is 0.962 bits per heavy atom. The molecule has 1 heterocycles. The van der Waals surface area contributed by atoms with Crippen molar-refractivity contribution in [2.75, 3.05) is 17.7 Å². The predicted octanol–water partition coefficient (Wildman–Crippen LogP) is 4.96. The normalized spacial score (nSPS) is 10.6. The number of benzene rings is 2. The highest BCUT2D eigenvalue weighted by Gasteiger charge is 2.04. The first-order valence-electron chi connectivity index (χ1n) is 8.70. The fourth-order valence-electron chi connectivity index (χ4n) is 2.66. The smallest absolute Gasteiger partial charge is 0.135 e. The molecule has 0 saturated carbocycles. The standard InChI is InChI=1S/C21H24N4O/c1-15(2)16-8-10-18(11-9-16)25-21-12-20(23-14-24-21)22-13-17-6-4-5-7-19(17)26-3/h4-12,14-15H,13H2,1-3H3,(H2,22,23,24,25). The first-order chi connectivity index (χ1) is 12.7. The first-order valence-corrected chi connectivity index (χ1v) is 8.70. The van der Waals surface area contributed by atoms with Crippen LogP contribution in [0, 0.1) is 0 Å². The largest absolute Gasteiger partial charge is 0.496 e. The van der Waals surface area contributed by atoms with Gasteiger partial charge in [0.2, 0.25) is 0 Å². The maximum absolute atomic E-state index is 5.38. The van der Waals surface area contributed by atoms with E-state index in [1.54, 1.807) is 13.4 Å².